The fourth-order valence-corrected chi connectivity index (χ4v) is 4.36. The van der Waals surface area contributed by atoms with Gasteiger partial charge in [0.25, 0.3) is 0 Å². The first-order valence-corrected chi connectivity index (χ1v) is 10.9. The third-order valence-corrected chi connectivity index (χ3v) is 6.24. The molecule has 7 nitrogen and oxygen atoms in total. The standard InChI is InChI=1S/C23H29FN4O3/c1-3-31-23(30)17-10-19(11-17)25-12-22(29)27-9-8-20-15(2)26-28(21(20)14-27)13-16-4-6-18(24)7-5-16/h4-7,17,19,25H,3,8-14H2,1-2H3/t17-,19+. The monoisotopic (exact) mass is 428 g/mol. The summed E-state index contributed by atoms with van der Waals surface area (Å²) < 4.78 is 20.2. The van der Waals surface area contributed by atoms with Gasteiger partial charge < -0.3 is 15.0 Å². The summed E-state index contributed by atoms with van der Waals surface area (Å²) in [5, 5.41) is 7.94. The SMILES string of the molecule is CCOC(=O)[C@H]1C[C@@H](NCC(=O)N2CCc3c(C)nn(Cc4ccc(F)cc4)c3C2)C1. The molecule has 0 spiro atoms. The van der Waals surface area contributed by atoms with E-state index in [0.29, 0.717) is 26.2 Å². The molecule has 0 unspecified atom stereocenters. The van der Waals surface area contributed by atoms with Crippen molar-refractivity contribution in [1.82, 2.24) is 20.0 Å². The van der Waals surface area contributed by atoms with Gasteiger partial charge in [-0.25, -0.2) is 4.39 Å². The van der Waals surface area contributed by atoms with Gasteiger partial charge in [-0.15, -0.1) is 0 Å². The molecule has 1 aliphatic carbocycles. The van der Waals surface area contributed by atoms with Gasteiger partial charge in [0.1, 0.15) is 5.82 Å². The van der Waals surface area contributed by atoms with Gasteiger partial charge in [0.2, 0.25) is 5.91 Å². The van der Waals surface area contributed by atoms with Gasteiger partial charge in [0, 0.05) is 12.6 Å². The summed E-state index contributed by atoms with van der Waals surface area (Å²) in [6.45, 7) is 6.22. The number of aryl methyl sites for hydroxylation is 1. The first-order chi connectivity index (χ1) is 14.9. The first-order valence-electron chi connectivity index (χ1n) is 10.9. The molecule has 2 aliphatic rings. The van der Waals surface area contributed by atoms with E-state index in [2.05, 4.69) is 10.4 Å². The predicted octanol–water partition coefficient (Wildman–Crippen LogP) is 2.19. The number of carbonyl (C=O) groups is 2. The Balaban J connectivity index is 1.32. The Morgan fingerprint density at radius 2 is 2.00 bits per heavy atom. The first kappa shape index (κ1) is 21.5. The van der Waals surface area contributed by atoms with Crippen LogP contribution in [0.2, 0.25) is 0 Å². The maximum Gasteiger partial charge on any atom is 0.309 e. The highest BCUT2D eigenvalue weighted by molar-refractivity contribution is 5.79. The molecule has 166 valence electrons. The number of ether oxygens (including phenoxy) is 1. The van der Waals surface area contributed by atoms with Crippen LogP contribution in [0.4, 0.5) is 4.39 Å². The van der Waals surface area contributed by atoms with E-state index in [1.165, 1.54) is 17.7 Å². The summed E-state index contributed by atoms with van der Waals surface area (Å²) in [6.07, 6.45) is 2.23. The number of benzene rings is 1. The summed E-state index contributed by atoms with van der Waals surface area (Å²) in [5.74, 6) is -0.390. The summed E-state index contributed by atoms with van der Waals surface area (Å²) in [4.78, 5) is 26.3. The molecule has 1 aromatic carbocycles. The normalized spacial score (nSPS) is 20.2. The fraction of sp³-hybridized carbons (Fsp3) is 0.522. The van der Waals surface area contributed by atoms with E-state index in [4.69, 9.17) is 4.74 Å². The second kappa shape index (κ2) is 9.18. The number of halogens is 1. The van der Waals surface area contributed by atoms with E-state index in [1.807, 2.05) is 23.4 Å². The molecule has 0 bridgehead atoms. The highest BCUT2D eigenvalue weighted by Gasteiger charge is 2.36. The van der Waals surface area contributed by atoms with Gasteiger partial charge >= 0.3 is 5.97 Å². The third-order valence-electron chi connectivity index (χ3n) is 6.24. The topological polar surface area (TPSA) is 76.5 Å². The van der Waals surface area contributed by atoms with Crippen LogP contribution in [0.5, 0.6) is 0 Å². The largest absolute Gasteiger partial charge is 0.466 e. The minimum Gasteiger partial charge on any atom is -0.466 e. The Morgan fingerprint density at radius 1 is 1.26 bits per heavy atom. The van der Waals surface area contributed by atoms with E-state index in [-0.39, 0.29) is 36.2 Å². The number of hydrogen-bond donors (Lipinski definition) is 1. The lowest BCUT2D eigenvalue weighted by Gasteiger charge is -2.35. The molecule has 2 heterocycles. The van der Waals surface area contributed by atoms with Crippen molar-refractivity contribution in [3.8, 4) is 0 Å². The lowest BCUT2D eigenvalue weighted by atomic mass is 9.80. The minimum absolute atomic E-state index is 0.0473. The molecule has 1 saturated carbocycles. The van der Waals surface area contributed by atoms with Gasteiger partial charge in [-0.3, -0.25) is 14.3 Å². The van der Waals surface area contributed by atoms with Crippen LogP contribution in [0, 0.1) is 18.7 Å². The Labute approximate surface area is 181 Å². The molecular weight excluding hydrogens is 399 g/mol. The number of hydrogen-bond acceptors (Lipinski definition) is 5. The Hall–Kier alpha value is -2.74. The zero-order chi connectivity index (χ0) is 22.0. The molecule has 0 radical (unpaired) electrons. The molecule has 4 rings (SSSR count). The second-order valence-corrected chi connectivity index (χ2v) is 8.36. The van der Waals surface area contributed by atoms with Crippen LogP contribution in [-0.4, -0.2) is 52.3 Å². The Morgan fingerprint density at radius 3 is 2.71 bits per heavy atom. The number of fused-ring (bicyclic) bond motifs is 1. The number of carbonyl (C=O) groups excluding carboxylic acids is 2. The zero-order valence-corrected chi connectivity index (χ0v) is 18.1. The number of aromatic nitrogens is 2. The van der Waals surface area contributed by atoms with E-state index in [1.54, 1.807) is 12.1 Å². The van der Waals surface area contributed by atoms with Gasteiger partial charge in [0.15, 0.2) is 0 Å². The predicted molar refractivity (Wildman–Crippen MR) is 113 cm³/mol. The number of esters is 1. The lowest BCUT2D eigenvalue weighted by Crippen LogP contribution is -2.49. The number of amides is 1. The Bertz CT molecular complexity index is 950. The maximum absolute atomic E-state index is 13.2. The minimum atomic E-state index is -0.258. The molecule has 1 aliphatic heterocycles. The van der Waals surface area contributed by atoms with E-state index in [0.717, 1.165) is 36.2 Å². The molecular formula is C23H29FN4O3. The van der Waals surface area contributed by atoms with Crippen LogP contribution in [0.25, 0.3) is 0 Å². The van der Waals surface area contributed by atoms with Crippen molar-refractivity contribution in [2.45, 2.75) is 52.2 Å². The quantitative estimate of drug-likeness (QED) is 0.685. The molecule has 0 saturated heterocycles. The highest BCUT2D eigenvalue weighted by atomic mass is 19.1. The van der Waals surface area contributed by atoms with Crippen molar-refractivity contribution in [1.29, 1.82) is 0 Å². The van der Waals surface area contributed by atoms with E-state index < -0.39 is 0 Å². The molecule has 2 aromatic rings. The lowest BCUT2D eigenvalue weighted by molar-refractivity contribution is -0.151. The van der Waals surface area contributed by atoms with Crippen LogP contribution in [0.1, 0.15) is 42.3 Å². The average Bonchev–Trinajstić information content (AvgIpc) is 3.03. The van der Waals surface area contributed by atoms with Crippen LogP contribution in [-0.2, 0) is 33.8 Å². The highest BCUT2D eigenvalue weighted by Crippen LogP contribution is 2.28. The number of nitrogens with zero attached hydrogens (tertiary/aromatic N) is 3. The van der Waals surface area contributed by atoms with Crippen LogP contribution < -0.4 is 5.32 Å². The molecule has 1 amide bonds. The van der Waals surface area contributed by atoms with Crippen molar-refractivity contribution in [2.75, 3.05) is 19.7 Å². The van der Waals surface area contributed by atoms with Gasteiger partial charge in [-0.1, -0.05) is 12.1 Å². The Kier molecular flexibility index (Phi) is 6.36. The summed E-state index contributed by atoms with van der Waals surface area (Å²) in [7, 11) is 0. The van der Waals surface area contributed by atoms with E-state index >= 15 is 0 Å². The van der Waals surface area contributed by atoms with E-state index in [9.17, 15) is 14.0 Å². The summed E-state index contributed by atoms with van der Waals surface area (Å²) in [5.41, 5.74) is 4.21. The molecule has 0 atom stereocenters. The van der Waals surface area contributed by atoms with Crippen molar-refractivity contribution in [2.24, 2.45) is 5.92 Å². The second-order valence-electron chi connectivity index (χ2n) is 8.36. The average molecular weight is 429 g/mol. The van der Waals surface area contributed by atoms with Crippen molar-refractivity contribution in [3.05, 3.63) is 52.6 Å². The molecule has 31 heavy (non-hydrogen) atoms. The fourth-order valence-electron chi connectivity index (χ4n) is 4.36. The third kappa shape index (κ3) is 4.79. The molecule has 1 aromatic heterocycles. The van der Waals surface area contributed by atoms with Gasteiger partial charge in [0.05, 0.1) is 43.5 Å². The molecule has 1 N–H and O–H groups in total. The van der Waals surface area contributed by atoms with Crippen molar-refractivity contribution >= 4 is 11.9 Å². The number of nitrogens with one attached hydrogen (secondary N) is 1. The van der Waals surface area contributed by atoms with Crippen LogP contribution >= 0.6 is 0 Å². The molecule has 8 heteroatoms. The maximum atomic E-state index is 13.2. The van der Waals surface area contributed by atoms with Gasteiger partial charge in [-0.05, 0) is 56.4 Å². The summed E-state index contributed by atoms with van der Waals surface area (Å²) in [6, 6.07) is 6.61. The molecule has 1 fully saturated rings. The smallest absolute Gasteiger partial charge is 0.309 e. The zero-order valence-electron chi connectivity index (χ0n) is 18.1. The number of rotatable bonds is 7. The van der Waals surface area contributed by atoms with Crippen molar-refractivity contribution in [3.63, 3.8) is 0 Å². The van der Waals surface area contributed by atoms with Crippen molar-refractivity contribution < 1.29 is 18.7 Å². The summed E-state index contributed by atoms with van der Waals surface area (Å²) >= 11 is 0. The van der Waals surface area contributed by atoms with Crippen LogP contribution in [0.3, 0.4) is 0 Å². The van der Waals surface area contributed by atoms with Crippen LogP contribution in [0.15, 0.2) is 24.3 Å². The van der Waals surface area contributed by atoms with Gasteiger partial charge in [-0.2, -0.15) is 5.10 Å².